The van der Waals surface area contributed by atoms with Crippen LogP contribution in [0, 0.1) is 5.92 Å². The van der Waals surface area contributed by atoms with Crippen LogP contribution >= 0.6 is 0 Å². The summed E-state index contributed by atoms with van der Waals surface area (Å²) in [7, 11) is 0. The van der Waals surface area contributed by atoms with E-state index in [9.17, 15) is 0 Å². The van der Waals surface area contributed by atoms with Gasteiger partial charge in [0.05, 0.1) is 0 Å². The monoisotopic (exact) mass is 228 g/mol. The number of hydrogen-bond donors (Lipinski definition) is 2. The summed E-state index contributed by atoms with van der Waals surface area (Å²) in [5.41, 5.74) is 8.00. The van der Waals surface area contributed by atoms with Gasteiger partial charge in [-0.25, -0.2) is 0 Å². The summed E-state index contributed by atoms with van der Waals surface area (Å²) in [6, 6.07) is 12.3. The van der Waals surface area contributed by atoms with Gasteiger partial charge in [-0.05, 0) is 18.1 Å². The molecule has 0 spiro atoms. The quantitative estimate of drug-likeness (QED) is 0.779. The fraction of sp³-hybridized carbons (Fsp3) is 0.333. The first kappa shape index (κ1) is 11.8. The standard InChI is InChI=1S/C15H20N2/c1-3-11(2)10-17-15-9-8-14(16)12-6-4-5-7-13(12)15/h4-9,11,17H,3,10,16H2,1-2H3. The zero-order valence-electron chi connectivity index (χ0n) is 10.5. The third kappa shape index (κ3) is 2.52. The van der Waals surface area contributed by atoms with Crippen LogP contribution in [-0.2, 0) is 0 Å². The molecule has 0 fully saturated rings. The lowest BCUT2D eigenvalue weighted by atomic mass is 10.1. The van der Waals surface area contributed by atoms with E-state index in [4.69, 9.17) is 5.73 Å². The zero-order chi connectivity index (χ0) is 12.3. The van der Waals surface area contributed by atoms with Crippen LogP contribution < -0.4 is 11.1 Å². The molecule has 17 heavy (non-hydrogen) atoms. The number of nitrogens with one attached hydrogen (secondary N) is 1. The summed E-state index contributed by atoms with van der Waals surface area (Å²) in [5.74, 6) is 0.686. The van der Waals surface area contributed by atoms with E-state index in [-0.39, 0.29) is 0 Å². The Bertz CT molecular complexity index is 505. The van der Waals surface area contributed by atoms with Crippen molar-refractivity contribution in [1.29, 1.82) is 0 Å². The molecule has 0 aliphatic heterocycles. The Morgan fingerprint density at radius 3 is 2.53 bits per heavy atom. The second kappa shape index (κ2) is 5.09. The van der Waals surface area contributed by atoms with Gasteiger partial charge < -0.3 is 11.1 Å². The van der Waals surface area contributed by atoms with Gasteiger partial charge in [0.15, 0.2) is 0 Å². The lowest BCUT2D eigenvalue weighted by molar-refractivity contribution is 0.594. The van der Waals surface area contributed by atoms with Crippen molar-refractivity contribution in [3.8, 4) is 0 Å². The molecule has 0 saturated heterocycles. The largest absolute Gasteiger partial charge is 0.398 e. The highest BCUT2D eigenvalue weighted by Crippen LogP contribution is 2.28. The average molecular weight is 228 g/mol. The lowest BCUT2D eigenvalue weighted by Crippen LogP contribution is -2.10. The molecular formula is C15H20N2. The Kier molecular flexibility index (Phi) is 3.52. The molecule has 90 valence electrons. The van der Waals surface area contributed by atoms with Gasteiger partial charge in [0.1, 0.15) is 0 Å². The molecule has 2 nitrogen and oxygen atoms in total. The smallest absolute Gasteiger partial charge is 0.0421 e. The third-order valence-corrected chi connectivity index (χ3v) is 3.30. The number of anilines is 2. The number of benzene rings is 2. The van der Waals surface area contributed by atoms with Gasteiger partial charge in [-0.1, -0.05) is 44.5 Å². The Labute approximate surface area is 103 Å². The first-order chi connectivity index (χ1) is 8.22. The number of fused-ring (bicyclic) bond motifs is 1. The van der Waals surface area contributed by atoms with Crippen molar-refractivity contribution < 1.29 is 0 Å². The summed E-state index contributed by atoms with van der Waals surface area (Å²) < 4.78 is 0. The second-order valence-corrected chi connectivity index (χ2v) is 4.64. The van der Waals surface area contributed by atoms with E-state index in [0.717, 1.165) is 17.6 Å². The topological polar surface area (TPSA) is 38.0 Å². The van der Waals surface area contributed by atoms with Gasteiger partial charge in [-0.15, -0.1) is 0 Å². The molecule has 0 amide bonds. The molecular weight excluding hydrogens is 208 g/mol. The Hall–Kier alpha value is -1.70. The van der Waals surface area contributed by atoms with Crippen molar-refractivity contribution in [2.75, 3.05) is 17.6 Å². The maximum Gasteiger partial charge on any atom is 0.0421 e. The van der Waals surface area contributed by atoms with Crippen LogP contribution in [0.15, 0.2) is 36.4 Å². The SMILES string of the molecule is CCC(C)CNc1ccc(N)c2ccccc12. The molecule has 0 radical (unpaired) electrons. The predicted molar refractivity (Wildman–Crippen MR) is 76.3 cm³/mol. The minimum atomic E-state index is 0.686. The van der Waals surface area contributed by atoms with Crippen LogP contribution in [0.5, 0.6) is 0 Å². The Morgan fingerprint density at radius 2 is 1.82 bits per heavy atom. The van der Waals surface area contributed by atoms with E-state index in [0.29, 0.717) is 5.92 Å². The Morgan fingerprint density at radius 1 is 1.12 bits per heavy atom. The van der Waals surface area contributed by atoms with Crippen molar-refractivity contribution in [2.45, 2.75) is 20.3 Å². The first-order valence-corrected chi connectivity index (χ1v) is 6.23. The van der Waals surface area contributed by atoms with Gasteiger partial charge in [0.25, 0.3) is 0 Å². The minimum Gasteiger partial charge on any atom is -0.398 e. The number of nitrogen functional groups attached to an aromatic ring is 1. The van der Waals surface area contributed by atoms with Gasteiger partial charge in [-0.2, -0.15) is 0 Å². The van der Waals surface area contributed by atoms with E-state index in [1.165, 1.54) is 17.5 Å². The van der Waals surface area contributed by atoms with Crippen LogP contribution in [-0.4, -0.2) is 6.54 Å². The fourth-order valence-corrected chi connectivity index (χ4v) is 1.91. The molecule has 2 aromatic rings. The van der Waals surface area contributed by atoms with E-state index < -0.39 is 0 Å². The predicted octanol–water partition coefficient (Wildman–Crippen LogP) is 3.88. The van der Waals surface area contributed by atoms with E-state index >= 15 is 0 Å². The highest BCUT2D eigenvalue weighted by Gasteiger charge is 2.04. The number of rotatable bonds is 4. The van der Waals surface area contributed by atoms with Gasteiger partial charge in [0, 0.05) is 28.7 Å². The minimum absolute atomic E-state index is 0.686. The molecule has 2 aromatic carbocycles. The van der Waals surface area contributed by atoms with E-state index in [2.05, 4.69) is 43.4 Å². The molecule has 0 bridgehead atoms. The first-order valence-electron chi connectivity index (χ1n) is 6.23. The molecule has 0 heterocycles. The van der Waals surface area contributed by atoms with E-state index in [1.807, 2.05) is 12.1 Å². The summed E-state index contributed by atoms with van der Waals surface area (Å²) in [4.78, 5) is 0. The second-order valence-electron chi connectivity index (χ2n) is 4.64. The van der Waals surface area contributed by atoms with Crippen molar-refractivity contribution in [3.05, 3.63) is 36.4 Å². The number of hydrogen-bond acceptors (Lipinski definition) is 2. The molecule has 0 saturated carbocycles. The normalized spacial score (nSPS) is 12.6. The van der Waals surface area contributed by atoms with Crippen LogP contribution in [0.1, 0.15) is 20.3 Å². The summed E-state index contributed by atoms with van der Waals surface area (Å²) in [6.45, 7) is 5.48. The molecule has 0 aromatic heterocycles. The maximum atomic E-state index is 5.98. The van der Waals surface area contributed by atoms with Crippen molar-refractivity contribution in [1.82, 2.24) is 0 Å². The van der Waals surface area contributed by atoms with Crippen LogP contribution in [0.3, 0.4) is 0 Å². The van der Waals surface area contributed by atoms with Gasteiger partial charge in [-0.3, -0.25) is 0 Å². The van der Waals surface area contributed by atoms with Gasteiger partial charge >= 0.3 is 0 Å². The highest BCUT2D eigenvalue weighted by molar-refractivity contribution is 6.01. The van der Waals surface area contributed by atoms with Crippen molar-refractivity contribution in [3.63, 3.8) is 0 Å². The van der Waals surface area contributed by atoms with Crippen LogP contribution in [0.2, 0.25) is 0 Å². The maximum absolute atomic E-state index is 5.98. The molecule has 3 N–H and O–H groups in total. The molecule has 2 heteroatoms. The van der Waals surface area contributed by atoms with Crippen molar-refractivity contribution in [2.24, 2.45) is 5.92 Å². The zero-order valence-corrected chi connectivity index (χ0v) is 10.5. The molecule has 1 atom stereocenters. The van der Waals surface area contributed by atoms with Crippen LogP contribution in [0.25, 0.3) is 10.8 Å². The average Bonchev–Trinajstić information content (AvgIpc) is 2.38. The molecule has 1 unspecified atom stereocenters. The van der Waals surface area contributed by atoms with E-state index in [1.54, 1.807) is 0 Å². The fourth-order valence-electron chi connectivity index (χ4n) is 1.91. The Balaban J connectivity index is 2.32. The van der Waals surface area contributed by atoms with Gasteiger partial charge in [0.2, 0.25) is 0 Å². The summed E-state index contributed by atoms with van der Waals surface area (Å²) >= 11 is 0. The summed E-state index contributed by atoms with van der Waals surface area (Å²) in [6.07, 6.45) is 1.19. The van der Waals surface area contributed by atoms with Crippen molar-refractivity contribution >= 4 is 22.1 Å². The lowest BCUT2D eigenvalue weighted by Gasteiger charge is -2.14. The van der Waals surface area contributed by atoms with Crippen LogP contribution in [0.4, 0.5) is 11.4 Å². The number of nitrogens with two attached hydrogens (primary N) is 1. The molecule has 2 rings (SSSR count). The molecule has 0 aliphatic rings. The molecule has 0 aliphatic carbocycles. The summed E-state index contributed by atoms with van der Waals surface area (Å²) in [5, 5.41) is 5.84. The highest BCUT2D eigenvalue weighted by atomic mass is 14.9. The third-order valence-electron chi connectivity index (χ3n) is 3.30.